The summed E-state index contributed by atoms with van der Waals surface area (Å²) in [4.78, 5) is 27.1. The number of hydrogen-bond acceptors (Lipinski definition) is 3. The van der Waals surface area contributed by atoms with Crippen LogP contribution in [0, 0.1) is 12.7 Å². The highest BCUT2D eigenvalue weighted by molar-refractivity contribution is 5.94. The SMILES string of the molecule is CC(=O)c1ccc(N2CC[NH+](CC(=O)Nc3ccc(C)c(F)c3)CC2)cc1. The van der Waals surface area contributed by atoms with E-state index in [4.69, 9.17) is 0 Å². The van der Waals surface area contributed by atoms with Gasteiger partial charge in [-0.3, -0.25) is 9.59 Å². The lowest BCUT2D eigenvalue weighted by Crippen LogP contribution is -3.15. The van der Waals surface area contributed by atoms with Gasteiger partial charge in [-0.05, 0) is 55.8 Å². The predicted molar refractivity (Wildman–Crippen MR) is 104 cm³/mol. The van der Waals surface area contributed by atoms with Crippen molar-refractivity contribution in [2.24, 2.45) is 0 Å². The van der Waals surface area contributed by atoms with Crippen molar-refractivity contribution in [3.8, 4) is 0 Å². The van der Waals surface area contributed by atoms with Crippen LogP contribution in [0.5, 0.6) is 0 Å². The third-order valence-corrected chi connectivity index (χ3v) is 4.98. The normalized spacial score (nSPS) is 14.9. The average Bonchev–Trinajstić information content (AvgIpc) is 2.65. The van der Waals surface area contributed by atoms with Crippen LogP contribution in [-0.4, -0.2) is 44.4 Å². The molecule has 2 N–H and O–H groups in total. The van der Waals surface area contributed by atoms with Crippen molar-refractivity contribution < 1.29 is 18.9 Å². The Bertz CT molecular complexity index is 828. The molecule has 2 aromatic carbocycles. The first-order valence-corrected chi connectivity index (χ1v) is 9.18. The zero-order valence-electron chi connectivity index (χ0n) is 15.7. The van der Waals surface area contributed by atoms with Gasteiger partial charge in [0.05, 0.1) is 26.2 Å². The quantitative estimate of drug-likeness (QED) is 0.788. The second-order valence-electron chi connectivity index (χ2n) is 7.03. The number of carbonyl (C=O) groups excluding carboxylic acids is 2. The minimum Gasteiger partial charge on any atom is -0.360 e. The summed E-state index contributed by atoms with van der Waals surface area (Å²) in [5, 5.41) is 2.77. The Hall–Kier alpha value is -2.73. The van der Waals surface area contributed by atoms with Gasteiger partial charge in [-0.2, -0.15) is 0 Å². The largest absolute Gasteiger partial charge is 0.360 e. The molecule has 1 heterocycles. The van der Waals surface area contributed by atoms with Gasteiger partial charge in [0.25, 0.3) is 5.91 Å². The summed E-state index contributed by atoms with van der Waals surface area (Å²) in [5.41, 5.74) is 2.86. The predicted octanol–water partition coefficient (Wildman–Crippen LogP) is 1.68. The molecule has 0 atom stereocenters. The summed E-state index contributed by atoms with van der Waals surface area (Å²) in [5.74, 6) is -0.354. The second-order valence-corrected chi connectivity index (χ2v) is 7.03. The first-order chi connectivity index (χ1) is 12.9. The Kier molecular flexibility index (Phi) is 5.86. The maximum absolute atomic E-state index is 13.6. The summed E-state index contributed by atoms with van der Waals surface area (Å²) >= 11 is 0. The lowest BCUT2D eigenvalue weighted by molar-refractivity contribution is -0.892. The summed E-state index contributed by atoms with van der Waals surface area (Å²) in [7, 11) is 0. The van der Waals surface area contributed by atoms with Crippen LogP contribution < -0.4 is 15.1 Å². The van der Waals surface area contributed by atoms with E-state index in [1.54, 1.807) is 26.0 Å². The fraction of sp³-hybridized carbons (Fsp3) is 0.333. The number of amides is 1. The lowest BCUT2D eigenvalue weighted by Gasteiger charge is -2.33. The number of piperazine rings is 1. The molecule has 1 saturated heterocycles. The Labute approximate surface area is 158 Å². The van der Waals surface area contributed by atoms with Crippen molar-refractivity contribution >= 4 is 23.1 Å². The highest BCUT2D eigenvalue weighted by Crippen LogP contribution is 2.16. The molecular formula is C21H25FN3O2+. The van der Waals surface area contributed by atoms with Crippen molar-refractivity contribution in [3.63, 3.8) is 0 Å². The van der Waals surface area contributed by atoms with Gasteiger partial charge >= 0.3 is 0 Å². The molecule has 0 saturated carbocycles. The van der Waals surface area contributed by atoms with Gasteiger partial charge in [-0.25, -0.2) is 4.39 Å². The van der Waals surface area contributed by atoms with E-state index < -0.39 is 0 Å². The summed E-state index contributed by atoms with van der Waals surface area (Å²) in [6.07, 6.45) is 0. The summed E-state index contributed by atoms with van der Waals surface area (Å²) in [6.45, 7) is 7.02. The molecule has 1 fully saturated rings. The van der Waals surface area contributed by atoms with Crippen LogP contribution in [-0.2, 0) is 4.79 Å². The molecule has 142 valence electrons. The third kappa shape index (κ3) is 4.92. The van der Waals surface area contributed by atoms with E-state index in [9.17, 15) is 14.0 Å². The number of benzene rings is 2. The Morgan fingerprint density at radius 1 is 1.11 bits per heavy atom. The van der Waals surface area contributed by atoms with Crippen molar-refractivity contribution in [1.82, 2.24) is 0 Å². The van der Waals surface area contributed by atoms with Crippen LogP contribution in [0.1, 0.15) is 22.8 Å². The average molecular weight is 370 g/mol. The molecule has 6 heteroatoms. The number of rotatable bonds is 5. The van der Waals surface area contributed by atoms with E-state index in [0.717, 1.165) is 31.9 Å². The van der Waals surface area contributed by atoms with Crippen LogP contribution >= 0.6 is 0 Å². The molecule has 3 rings (SSSR count). The van der Waals surface area contributed by atoms with E-state index in [0.29, 0.717) is 23.4 Å². The molecule has 0 aromatic heterocycles. The van der Waals surface area contributed by atoms with Gasteiger partial charge in [0.1, 0.15) is 5.82 Å². The van der Waals surface area contributed by atoms with E-state index in [-0.39, 0.29) is 17.5 Å². The van der Waals surface area contributed by atoms with Crippen molar-refractivity contribution in [2.45, 2.75) is 13.8 Å². The van der Waals surface area contributed by atoms with E-state index >= 15 is 0 Å². The summed E-state index contributed by atoms with van der Waals surface area (Å²) in [6, 6.07) is 12.4. The van der Waals surface area contributed by atoms with Crippen LogP contribution in [0.25, 0.3) is 0 Å². The molecule has 2 aromatic rings. The first-order valence-electron chi connectivity index (χ1n) is 9.18. The highest BCUT2D eigenvalue weighted by atomic mass is 19.1. The molecule has 0 bridgehead atoms. The van der Waals surface area contributed by atoms with Crippen LogP contribution in [0.2, 0.25) is 0 Å². The maximum Gasteiger partial charge on any atom is 0.279 e. The number of aryl methyl sites for hydroxylation is 1. The molecule has 1 aliphatic heterocycles. The van der Waals surface area contributed by atoms with E-state index in [1.807, 2.05) is 24.3 Å². The fourth-order valence-corrected chi connectivity index (χ4v) is 3.27. The summed E-state index contributed by atoms with van der Waals surface area (Å²) < 4.78 is 13.6. The molecule has 1 amide bonds. The number of quaternary nitrogens is 1. The standard InChI is InChI=1S/C21H24FN3O2/c1-15-3-6-18(13-20(15)22)23-21(27)14-24-9-11-25(12-10-24)19-7-4-17(5-8-19)16(2)26/h3-8,13H,9-12,14H2,1-2H3,(H,23,27)/p+1. The number of Topliss-reactive ketones (excluding diaryl/α,β-unsaturated/α-hetero) is 1. The topological polar surface area (TPSA) is 53.9 Å². The van der Waals surface area contributed by atoms with E-state index in [2.05, 4.69) is 10.2 Å². The van der Waals surface area contributed by atoms with Crippen LogP contribution in [0.4, 0.5) is 15.8 Å². The first kappa shape index (κ1) is 19.0. The van der Waals surface area contributed by atoms with Gasteiger partial charge in [-0.1, -0.05) is 6.07 Å². The number of carbonyl (C=O) groups is 2. The smallest absolute Gasteiger partial charge is 0.279 e. The highest BCUT2D eigenvalue weighted by Gasteiger charge is 2.22. The number of hydrogen-bond donors (Lipinski definition) is 2. The van der Waals surface area contributed by atoms with Crippen LogP contribution in [0.3, 0.4) is 0 Å². The Balaban J connectivity index is 1.49. The zero-order valence-corrected chi connectivity index (χ0v) is 15.7. The van der Waals surface area contributed by atoms with Gasteiger partial charge < -0.3 is 15.1 Å². The third-order valence-electron chi connectivity index (χ3n) is 4.98. The number of nitrogens with zero attached hydrogens (tertiary/aromatic N) is 1. The Morgan fingerprint density at radius 3 is 2.37 bits per heavy atom. The number of nitrogens with one attached hydrogen (secondary N) is 2. The minimum absolute atomic E-state index is 0.0651. The molecule has 27 heavy (non-hydrogen) atoms. The van der Waals surface area contributed by atoms with Crippen molar-refractivity contribution in [3.05, 3.63) is 59.4 Å². The molecular weight excluding hydrogens is 345 g/mol. The van der Waals surface area contributed by atoms with Crippen molar-refractivity contribution in [1.29, 1.82) is 0 Å². The lowest BCUT2D eigenvalue weighted by atomic mass is 10.1. The second kappa shape index (κ2) is 8.31. The van der Waals surface area contributed by atoms with Gasteiger partial charge in [0, 0.05) is 16.9 Å². The molecule has 0 radical (unpaired) electrons. The number of anilines is 2. The molecule has 0 unspecified atom stereocenters. The number of halogens is 1. The van der Waals surface area contributed by atoms with E-state index in [1.165, 1.54) is 11.0 Å². The van der Waals surface area contributed by atoms with Crippen molar-refractivity contribution in [2.75, 3.05) is 42.9 Å². The molecule has 1 aliphatic rings. The fourth-order valence-electron chi connectivity index (χ4n) is 3.27. The molecule has 0 spiro atoms. The Morgan fingerprint density at radius 2 is 1.78 bits per heavy atom. The zero-order chi connectivity index (χ0) is 19.4. The number of ketones is 1. The van der Waals surface area contributed by atoms with Gasteiger partial charge in [0.2, 0.25) is 0 Å². The monoisotopic (exact) mass is 370 g/mol. The minimum atomic E-state index is -0.315. The molecule has 5 nitrogen and oxygen atoms in total. The van der Waals surface area contributed by atoms with Gasteiger partial charge in [0.15, 0.2) is 12.3 Å². The molecule has 0 aliphatic carbocycles. The maximum atomic E-state index is 13.6. The van der Waals surface area contributed by atoms with Gasteiger partial charge in [-0.15, -0.1) is 0 Å². The van der Waals surface area contributed by atoms with Crippen LogP contribution in [0.15, 0.2) is 42.5 Å².